The van der Waals surface area contributed by atoms with Gasteiger partial charge in [0.25, 0.3) is 0 Å². The molecular formula is C15H19NO4. The van der Waals surface area contributed by atoms with Gasteiger partial charge in [0.1, 0.15) is 5.75 Å². The molecule has 20 heavy (non-hydrogen) atoms. The maximum atomic E-state index is 11.6. The molecule has 0 heterocycles. The Bertz CT molecular complexity index is 523. The number of carboxylic acid groups (broad SMARTS) is 1. The number of carbonyl (C=O) groups is 2. The number of methoxy groups -OCH3 is 1. The average Bonchev–Trinajstić information content (AvgIpc) is 2.42. The van der Waals surface area contributed by atoms with Crippen molar-refractivity contribution in [3.63, 3.8) is 0 Å². The van der Waals surface area contributed by atoms with E-state index in [1.807, 2.05) is 25.1 Å². The summed E-state index contributed by atoms with van der Waals surface area (Å²) in [6, 6.07) is 5.66. The number of nitrogens with one attached hydrogen (secondary N) is 1. The summed E-state index contributed by atoms with van der Waals surface area (Å²) in [4.78, 5) is 22.2. The lowest BCUT2D eigenvalue weighted by Gasteiger charge is -2.07. The third-order valence-corrected chi connectivity index (χ3v) is 2.80. The van der Waals surface area contributed by atoms with E-state index in [0.717, 1.165) is 11.1 Å². The first-order valence-electron chi connectivity index (χ1n) is 6.27. The summed E-state index contributed by atoms with van der Waals surface area (Å²) in [6.45, 7) is 3.59. The molecule has 0 saturated heterocycles. The standard InChI is InChI=1S/C15H19NO4/c1-10-4-6-13(20-3)12(8-10)5-7-14(17)16-9-11(2)15(18)19/h4-8,11H,9H2,1-3H3,(H,16,17)(H,18,19). The number of carboxylic acids is 1. The average molecular weight is 277 g/mol. The van der Waals surface area contributed by atoms with E-state index < -0.39 is 11.9 Å². The summed E-state index contributed by atoms with van der Waals surface area (Å²) >= 11 is 0. The SMILES string of the molecule is COc1ccc(C)cc1C=CC(=O)NCC(C)C(=O)O. The smallest absolute Gasteiger partial charge is 0.308 e. The van der Waals surface area contributed by atoms with Crippen molar-refractivity contribution in [1.82, 2.24) is 5.32 Å². The molecule has 1 aromatic carbocycles. The second-order valence-corrected chi connectivity index (χ2v) is 4.56. The molecule has 1 atom stereocenters. The van der Waals surface area contributed by atoms with Crippen LogP contribution >= 0.6 is 0 Å². The molecule has 1 rings (SSSR count). The number of carbonyl (C=O) groups excluding carboxylic acids is 1. The molecular weight excluding hydrogens is 258 g/mol. The minimum Gasteiger partial charge on any atom is -0.496 e. The maximum absolute atomic E-state index is 11.6. The second kappa shape index (κ2) is 7.33. The summed E-state index contributed by atoms with van der Waals surface area (Å²) in [5, 5.41) is 11.3. The van der Waals surface area contributed by atoms with Crippen LogP contribution in [-0.2, 0) is 9.59 Å². The van der Waals surface area contributed by atoms with Crippen LogP contribution in [0.1, 0.15) is 18.1 Å². The van der Waals surface area contributed by atoms with E-state index in [4.69, 9.17) is 9.84 Å². The van der Waals surface area contributed by atoms with Crippen molar-refractivity contribution >= 4 is 18.0 Å². The van der Waals surface area contributed by atoms with E-state index in [2.05, 4.69) is 5.32 Å². The van der Waals surface area contributed by atoms with Crippen molar-refractivity contribution < 1.29 is 19.4 Å². The van der Waals surface area contributed by atoms with Crippen LogP contribution in [0.5, 0.6) is 5.75 Å². The summed E-state index contributed by atoms with van der Waals surface area (Å²) < 4.78 is 5.20. The predicted octanol–water partition coefficient (Wildman–Crippen LogP) is 1.85. The lowest BCUT2D eigenvalue weighted by Crippen LogP contribution is -2.30. The fraction of sp³-hybridized carbons (Fsp3) is 0.333. The number of benzene rings is 1. The summed E-state index contributed by atoms with van der Waals surface area (Å²) in [6.07, 6.45) is 3.01. The molecule has 1 aromatic rings. The number of rotatable bonds is 6. The topological polar surface area (TPSA) is 75.6 Å². The van der Waals surface area contributed by atoms with Crippen molar-refractivity contribution in [2.75, 3.05) is 13.7 Å². The van der Waals surface area contributed by atoms with Crippen LogP contribution in [-0.4, -0.2) is 30.6 Å². The van der Waals surface area contributed by atoms with Gasteiger partial charge in [-0.25, -0.2) is 0 Å². The highest BCUT2D eigenvalue weighted by atomic mass is 16.5. The van der Waals surface area contributed by atoms with E-state index in [1.54, 1.807) is 13.2 Å². The fourth-order valence-electron chi connectivity index (χ4n) is 1.55. The van der Waals surface area contributed by atoms with E-state index in [-0.39, 0.29) is 12.5 Å². The number of aryl methyl sites for hydroxylation is 1. The van der Waals surface area contributed by atoms with Crippen molar-refractivity contribution in [2.24, 2.45) is 5.92 Å². The summed E-state index contributed by atoms with van der Waals surface area (Å²) in [7, 11) is 1.57. The molecule has 0 aromatic heterocycles. The molecule has 2 N–H and O–H groups in total. The first-order chi connectivity index (χ1) is 9.43. The zero-order chi connectivity index (χ0) is 15.1. The van der Waals surface area contributed by atoms with Crippen molar-refractivity contribution in [2.45, 2.75) is 13.8 Å². The third-order valence-electron chi connectivity index (χ3n) is 2.80. The van der Waals surface area contributed by atoms with Gasteiger partial charge in [-0.1, -0.05) is 18.6 Å². The fourth-order valence-corrected chi connectivity index (χ4v) is 1.55. The summed E-state index contributed by atoms with van der Waals surface area (Å²) in [5.41, 5.74) is 1.86. The number of ether oxygens (including phenoxy) is 1. The van der Waals surface area contributed by atoms with Gasteiger partial charge >= 0.3 is 5.97 Å². The number of hydrogen-bond donors (Lipinski definition) is 2. The quantitative estimate of drug-likeness (QED) is 0.778. The lowest BCUT2D eigenvalue weighted by molar-refractivity contribution is -0.141. The van der Waals surface area contributed by atoms with Gasteiger partial charge in [0, 0.05) is 18.2 Å². The van der Waals surface area contributed by atoms with E-state index >= 15 is 0 Å². The van der Waals surface area contributed by atoms with Crippen LogP contribution in [0.25, 0.3) is 6.08 Å². The minimum atomic E-state index is -0.936. The molecule has 0 aliphatic rings. The number of hydrogen-bond acceptors (Lipinski definition) is 3. The highest BCUT2D eigenvalue weighted by Gasteiger charge is 2.10. The molecule has 0 fully saturated rings. The van der Waals surface area contributed by atoms with Gasteiger partial charge in [0.2, 0.25) is 5.91 Å². The van der Waals surface area contributed by atoms with Gasteiger partial charge in [0.15, 0.2) is 0 Å². The van der Waals surface area contributed by atoms with Crippen LogP contribution in [0.4, 0.5) is 0 Å². The van der Waals surface area contributed by atoms with Crippen LogP contribution in [0.15, 0.2) is 24.3 Å². The Morgan fingerprint density at radius 3 is 2.75 bits per heavy atom. The Labute approximate surface area is 118 Å². The molecule has 1 unspecified atom stereocenters. The van der Waals surface area contributed by atoms with Gasteiger partial charge in [-0.2, -0.15) is 0 Å². The first-order valence-corrected chi connectivity index (χ1v) is 6.27. The van der Waals surface area contributed by atoms with Crippen LogP contribution < -0.4 is 10.1 Å². The van der Waals surface area contributed by atoms with Gasteiger partial charge < -0.3 is 15.2 Å². The summed E-state index contributed by atoms with van der Waals surface area (Å²) in [5.74, 6) is -1.20. The van der Waals surface area contributed by atoms with Crippen LogP contribution in [0.2, 0.25) is 0 Å². The Morgan fingerprint density at radius 2 is 2.15 bits per heavy atom. The number of amides is 1. The van der Waals surface area contributed by atoms with E-state index in [9.17, 15) is 9.59 Å². The molecule has 0 saturated carbocycles. The molecule has 1 amide bonds. The highest BCUT2D eigenvalue weighted by Crippen LogP contribution is 2.20. The molecule has 5 heteroatoms. The Kier molecular flexibility index (Phi) is 5.77. The molecule has 0 radical (unpaired) electrons. The monoisotopic (exact) mass is 277 g/mol. The van der Waals surface area contributed by atoms with E-state index in [1.165, 1.54) is 13.0 Å². The predicted molar refractivity (Wildman–Crippen MR) is 76.6 cm³/mol. The van der Waals surface area contributed by atoms with E-state index in [0.29, 0.717) is 5.75 Å². The molecule has 0 aliphatic heterocycles. The molecule has 0 aliphatic carbocycles. The third kappa shape index (κ3) is 4.76. The van der Waals surface area contributed by atoms with Crippen molar-refractivity contribution in [1.29, 1.82) is 0 Å². The van der Waals surface area contributed by atoms with Crippen LogP contribution in [0, 0.1) is 12.8 Å². The van der Waals surface area contributed by atoms with Crippen LogP contribution in [0.3, 0.4) is 0 Å². The van der Waals surface area contributed by atoms with Crippen molar-refractivity contribution in [3.8, 4) is 5.75 Å². The zero-order valence-electron chi connectivity index (χ0n) is 11.8. The normalized spacial score (nSPS) is 12.2. The Morgan fingerprint density at radius 1 is 1.45 bits per heavy atom. The molecule has 0 spiro atoms. The zero-order valence-corrected chi connectivity index (χ0v) is 11.8. The molecule has 0 bridgehead atoms. The number of aliphatic carboxylic acids is 1. The van der Waals surface area contributed by atoms with Gasteiger partial charge in [-0.05, 0) is 25.1 Å². The Hall–Kier alpha value is -2.30. The van der Waals surface area contributed by atoms with Crippen molar-refractivity contribution in [3.05, 3.63) is 35.4 Å². The van der Waals surface area contributed by atoms with Gasteiger partial charge in [-0.15, -0.1) is 0 Å². The highest BCUT2D eigenvalue weighted by molar-refractivity contribution is 5.92. The second-order valence-electron chi connectivity index (χ2n) is 4.56. The minimum absolute atomic E-state index is 0.101. The maximum Gasteiger partial charge on any atom is 0.308 e. The first kappa shape index (κ1) is 15.8. The molecule has 108 valence electrons. The lowest BCUT2D eigenvalue weighted by atomic mass is 10.1. The van der Waals surface area contributed by atoms with Gasteiger partial charge in [0.05, 0.1) is 13.0 Å². The Balaban J connectivity index is 2.65. The van der Waals surface area contributed by atoms with Gasteiger partial charge in [-0.3, -0.25) is 9.59 Å². The molecule has 5 nitrogen and oxygen atoms in total. The largest absolute Gasteiger partial charge is 0.496 e.